The molecule has 3 rings (SSSR count). The lowest BCUT2D eigenvalue weighted by Gasteiger charge is -2.20. The molecule has 0 N–H and O–H groups in total. The first-order chi connectivity index (χ1) is 12.1. The summed E-state index contributed by atoms with van der Waals surface area (Å²) in [6, 6.07) is 23.8. The Morgan fingerprint density at radius 3 is 1.31 bits per heavy atom. The van der Waals surface area contributed by atoms with Crippen molar-refractivity contribution in [2.75, 3.05) is 0 Å². The molecule has 1 aromatic heterocycles. The Bertz CT molecular complexity index is 835. The lowest BCUT2D eigenvalue weighted by molar-refractivity contribution is 0.590. The predicted octanol–water partition coefficient (Wildman–Crippen LogP) is 7.01. The van der Waals surface area contributed by atoms with E-state index in [1.807, 2.05) is 0 Å². The summed E-state index contributed by atoms with van der Waals surface area (Å²) in [5.41, 5.74) is 7.32. The van der Waals surface area contributed by atoms with Gasteiger partial charge in [0.25, 0.3) is 0 Å². The van der Waals surface area contributed by atoms with E-state index in [0.717, 1.165) is 11.4 Å². The van der Waals surface area contributed by atoms with Crippen molar-refractivity contribution in [2.45, 2.75) is 52.4 Å². The fourth-order valence-electron chi connectivity index (χ4n) is 3.05. The lowest BCUT2D eigenvalue weighted by Crippen LogP contribution is -2.11. The SMILES string of the molecule is CC(C)(C)c1cccc(-c2cccc(-c3cccc(C(C)(C)C)c3)n2)c1. The number of hydrogen-bond donors (Lipinski definition) is 0. The van der Waals surface area contributed by atoms with Gasteiger partial charge in [0.05, 0.1) is 11.4 Å². The van der Waals surface area contributed by atoms with Gasteiger partial charge in [-0.05, 0) is 46.2 Å². The van der Waals surface area contributed by atoms with Crippen LogP contribution in [0, 0.1) is 0 Å². The van der Waals surface area contributed by atoms with Crippen molar-refractivity contribution in [1.82, 2.24) is 4.98 Å². The summed E-state index contributed by atoms with van der Waals surface area (Å²) in [5, 5.41) is 0. The van der Waals surface area contributed by atoms with Gasteiger partial charge in [-0.15, -0.1) is 0 Å². The summed E-state index contributed by atoms with van der Waals surface area (Å²) in [5.74, 6) is 0. The van der Waals surface area contributed by atoms with E-state index in [4.69, 9.17) is 4.98 Å². The molecule has 0 aliphatic carbocycles. The minimum absolute atomic E-state index is 0.134. The first-order valence-corrected chi connectivity index (χ1v) is 9.33. The van der Waals surface area contributed by atoms with E-state index in [-0.39, 0.29) is 10.8 Å². The minimum Gasteiger partial charge on any atom is -0.248 e. The molecule has 0 radical (unpaired) electrons. The first-order valence-electron chi connectivity index (χ1n) is 9.33. The molecule has 3 aromatic rings. The Morgan fingerprint density at radius 1 is 0.538 bits per heavy atom. The van der Waals surface area contributed by atoms with E-state index in [1.165, 1.54) is 22.3 Å². The minimum atomic E-state index is 0.134. The highest BCUT2D eigenvalue weighted by Gasteiger charge is 2.16. The number of aromatic nitrogens is 1. The van der Waals surface area contributed by atoms with Gasteiger partial charge in [0, 0.05) is 11.1 Å². The molecule has 0 spiro atoms. The van der Waals surface area contributed by atoms with Crippen LogP contribution in [0.2, 0.25) is 0 Å². The summed E-state index contributed by atoms with van der Waals surface area (Å²) >= 11 is 0. The molecular formula is C25H29N. The van der Waals surface area contributed by atoms with E-state index in [1.54, 1.807) is 0 Å². The highest BCUT2D eigenvalue weighted by Crippen LogP contribution is 2.30. The van der Waals surface area contributed by atoms with Crippen LogP contribution in [-0.2, 0) is 10.8 Å². The van der Waals surface area contributed by atoms with E-state index < -0.39 is 0 Å². The molecule has 1 nitrogen and oxygen atoms in total. The maximum absolute atomic E-state index is 4.96. The van der Waals surface area contributed by atoms with Crippen LogP contribution in [0.25, 0.3) is 22.5 Å². The molecule has 1 heterocycles. The zero-order valence-corrected chi connectivity index (χ0v) is 16.8. The van der Waals surface area contributed by atoms with Gasteiger partial charge < -0.3 is 0 Å². The average molecular weight is 344 g/mol. The zero-order valence-electron chi connectivity index (χ0n) is 16.8. The van der Waals surface area contributed by atoms with Gasteiger partial charge in [0.2, 0.25) is 0 Å². The summed E-state index contributed by atoms with van der Waals surface area (Å²) in [6.45, 7) is 13.5. The van der Waals surface area contributed by atoms with Gasteiger partial charge in [-0.3, -0.25) is 0 Å². The summed E-state index contributed by atoms with van der Waals surface area (Å²) in [6.07, 6.45) is 0. The number of nitrogens with zero attached hydrogens (tertiary/aromatic N) is 1. The van der Waals surface area contributed by atoms with Gasteiger partial charge in [-0.2, -0.15) is 0 Å². The van der Waals surface area contributed by atoms with Crippen LogP contribution in [0.1, 0.15) is 52.7 Å². The number of benzene rings is 2. The molecule has 0 atom stereocenters. The first kappa shape index (κ1) is 18.4. The lowest BCUT2D eigenvalue weighted by atomic mass is 9.85. The quantitative estimate of drug-likeness (QED) is 0.487. The van der Waals surface area contributed by atoms with Crippen molar-refractivity contribution in [1.29, 1.82) is 0 Å². The van der Waals surface area contributed by atoms with Crippen LogP contribution < -0.4 is 0 Å². The molecule has 0 amide bonds. The second-order valence-electron chi connectivity index (χ2n) is 9.07. The highest BCUT2D eigenvalue weighted by atomic mass is 14.7. The van der Waals surface area contributed by atoms with Crippen molar-refractivity contribution >= 4 is 0 Å². The summed E-state index contributed by atoms with van der Waals surface area (Å²) in [7, 11) is 0. The molecule has 0 bridgehead atoms. The second kappa shape index (κ2) is 6.72. The van der Waals surface area contributed by atoms with Crippen molar-refractivity contribution in [2.24, 2.45) is 0 Å². The van der Waals surface area contributed by atoms with Gasteiger partial charge >= 0.3 is 0 Å². The second-order valence-corrected chi connectivity index (χ2v) is 9.07. The van der Waals surface area contributed by atoms with Crippen LogP contribution in [0.4, 0.5) is 0 Å². The molecular weight excluding hydrogens is 314 g/mol. The van der Waals surface area contributed by atoms with E-state index >= 15 is 0 Å². The largest absolute Gasteiger partial charge is 0.248 e. The molecule has 1 heteroatoms. The van der Waals surface area contributed by atoms with E-state index in [2.05, 4.69) is 108 Å². The Balaban J connectivity index is 2.03. The van der Waals surface area contributed by atoms with Gasteiger partial charge in [-0.1, -0.05) is 84.0 Å². The summed E-state index contributed by atoms with van der Waals surface area (Å²) < 4.78 is 0. The van der Waals surface area contributed by atoms with Gasteiger partial charge in [0.15, 0.2) is 0 Å². The molecule has 0 unspecified atom stereocenters. The standard InChI is InChI=1S/C25H29N/c1-24(2,3)20-12-7-10-18(16-20)22-14-9-15-23(26-22)19-11-8-13-21(17-19)25(4,5)6/h7-17H,1-6H3. The highest BCUT2D eigenvalue weighted by molar-refractivity contribution is 5.67. The zero-order chi connectivity index (χ0) is 18.9. The van der Waals surface area contributed by atoms with Crippen LogP contribution in [-0.4, -0.2) is 4.98 Å². The smallest absolute Gasteiger partial charge is 0.0709 e. The average Bonchev–Trinajstić information content (AvgIpc) is 2.61. The molecule has 26 heavy (non-hydrogen) atoms. The number of pyridine rings is 1. The Morgan fingerprint density at radius 2 is 0.923 bits per heavy atom. The normalized spacial score (nSPS) is 12.2. The summed E-state index contributed by atoms with van der Waals surface area (Å²) in [4.78, 5) is 4.96. The van der Waals surface area contributed by atoms with Crippen LogP contribution >= 0.6 is 0 Å². The third kappa shape index (κ3) is 4.04. The predicted molar refractivity (Wildman–Crippen MR) is 113 cm³/mol. The molecule has 0 aliphatic rings. The fraction of sp³-hybridized carbons (Fsp3) is 0.320. The van der Waals surface area contributed by atoms with E-state index in [9.17, 15) is 0 Å². The van der Waals surface area contributed by atoms with Crippen molar-refractivity contribution in [3.63, 3.8) is 0 Å². The maximum atomic E-state index is 4.96. The molecule has 0 saturated heterocycles. The van der Waals surface area contributed by atoms with Crippen LogP contribution in [0.5, 0.6) is 0 Å². The van der Waals surface area contributed by atoms with Crippen molar-refractivity contribution in [3.05, 3.63) is 77.9 Å². The molecule has 0 saturated carbocycles. The van der Waals surface area contributed by atoms with Crippen LogP contribution in [0.15, 0.2) is 66.7 Å². The van der Waals surface area contributed by atoms with Crippen molar-refractivity contribution < 1.29 is 0 Å². The topological polar surface area (TPSA) is 12.9 Å². The third-order valence-corrected chi connectivity index (χ3v) is 4.80. The number of rotatable bonds is 2. The molecule has 134 valence electrons. The molecule has 2 aromatic carbocycles. The molecule has 0 aliphatic heterocycles. The van der Waals surface area contributed by atoms with Gasteiger partial charge in [-0.25, -0.2) is 4.98 Å². The maximum Gasteiger partial charge on any atom is 0.0709 e. The van der Waals surface area contributed by atoms with Crippen molar-refractivity contribution in [3.8, 4) is 22.5 Å². The Kier molecular flexibility index (Phi) is 4.75. The van der Waals surface area contributed by atoms with Gasteiger partial charge in [0.1, 0.15) is 0 Å². The number of hydrogen-bond acceptors (Lipinski definition) is 1. The fourth-order valence-corrected chi connectivity index (χ4v) is 3.05. The third-order valence-electron chi connectivity index (χ3n) is 4.80. The Labute approximate surface area is 158 Å². The Hall–Kier alpha value is -2.41. The monoisotopic (exact) mass is 343 g/mol. The molecule has 0 fully saturated rings. The van der Waals surface area contributed by atoms with Crippen LogP contribution in [0.3, 0.4) is 0 Å². The van der Waals surface area contributed by atoms with E-state index in [0.29, 0.717) is 0 Å².